The van der Waals surface area contributed by atoms with E-state index in [1.54, 1.807) is 18.3 Å². The van der Waals surface area contributed by atoms with Crippen LogP contribution in [-0.2, 0) is 10.0 Å². The van der Waals surface area contributed by atoms with Gasteiger partial charge in [0.1, 0.15) is 6.04 Å². The molecule has 0 radical (unpaired) electrons. The zero-order valence-corrected chi connectivity index (χ0v) is 22.0. The molecule has 0 spiro atoms. The van der Waals surface area contributed by atoms with Crippen LogP contribution in [0.2, 0.25) is 5.02 Å². The Labute approximate surface area is 220 Å². The molecule has 7 nitrogen and oxygen atoms in total. The van der Waals surface area contributed by atoms with E-state index in [1.165, 1.54) is 0 Å². The number of nitrogens with zero attached hydrogens (tertiary/aromatic N) is 3. The number of hydrogen-bond acceptors (Lipinski definition) is 4. The number of benzene rings is 2. The number of sulfonamides is 1. The maximum Gasteiger partial charge on any atom is 0.229 e. The lowest BCUT2D eigenvalue weighted by Crippen LogP contribution is -2.30. The van der Waals surface area contributed by atoms with Crippen LogP contribution in [-0.4, -0.2) is 29.3 Å². The van der Waals surface area contributed by atoms with Gasteiger partial charge in [0.25, 0.3) is 0 Å². The molecule has 3 heterocycles. The summed E-state index contributed by atoms with van der Waals surface area (Å²) in [5.74, 6) is 0. The molecule has 1 aliphatic heterocycles. The number of hydrogen-bond donors (Lipinski definition) is 2. The molecule has 184 valence electrons. The molecule has 0 bridgehead atoms. The largest absolute Gasteiger partial charge is 0.351 e. The second kappa shape index (κ2) is 9.57. The summed E-state index contributed by atoms with van der Waals surface area (Å²) in [6.45, 7) is 1.98. The van der Waals surface area contributed by atoms with E-state index in [9.17, 15) is 8.42 Å². The molecule has 1 fully saturated rings. The van der Waals surface area contributed by atoms with Crippen LogP contribution < -0.4 is 14.9 Å². The molecule has 5 rings (SSSR count). The zero-order valence-electron chi connectivity index (χ0n) is 19.6. The average molecular weight is 538 g/mol. The third-order valence-corrected chi connectivity index (χ3v) is 7.39. The smallest absolute Gasteiger partial charge is 0.229 e. The summed E-state index contributed by atoms with van der Waals surface area (Å²) in [4.78, 5) is 6.66. The van der Waals surface area contributed by atoms with Crippen molar-refractivity contribution >= 4 is 50.3 Å². The third-order valence-electron chi connectivity index (χ3n) is 6.05. The van der Waals surface area contributed by atoms with Crippen molar-refractivity contribution < 1.29 is 8.42 Å². The maximum atomic E-state index is 11.6. The highest BCUT2D eigenvalue weighted by atomic mass is 35.5. The van der Waals surface area contributed by atoms with Gasteiger partial charge < -0.3 is 14.8 Å². The molecule has 4 aromatic rings. The molecule has 36 heavy (non-hydrogen) atoms. The average Bonchev–Trinajstić information content (AvgIpc) is 3.45. The van der Waals surface area contributed by atoms with Crippen LogP contribution >= 0.6 is 23.8 Å². The van der Waals surface area contributed by atoms with Gasteiger partial charge in [0, 0.05) is 40.2 Å². The summed E-state index contributed by atoms with van der Waals surface area (Å²) in [6, 6.07) is 22.6. The molecular weight excluding hydrogens is 514 g/mol. The van der Waals surface area contributed by atoms with Gasteiger partial charge in [-0.15, -0.1) is 0 Å². The van der Waals surface area contributed by atoms with Gasteiger partial charge in [-0.25, -0.2) is 8.42 Å². The lowest BCUT2D eigenvalue weighted by Gasteiger charge is -2.29. The van der Waals surface area contributed by atoms with Crippen LogP contribution in [0.1, 0.15) is 29.0 Å². The Hall–Kier alpha value is -3.40. The van der Waals surface area contributed by atoms with E-state index < -0.39 is 10.0 Å². The monoisotopic (exact) mass is 537 g/mol. The topological polar surface area (TPSA) is 79.3 Å². The van der Waals surface area contributed by atoms with Gasteiger partial charge in [-0.3, -0.25) is 9.71 Å². The van der Waals surface area contributed by atoms with Crippen molar-refractivity contribution in [2.24, 2.45) is 0 Å². The Balaban J connectivity index is 1.61. The second-order valence-corrected chi connectivity index (χ2v) is 11.2. The zero-order chi connectivity index (χ0) is 25.4. The first-order valence-electron chi connectivity index (χ1n) is 11.2. The predicted molar refractivity (Wildman–Crippen MR) is 148 cm³/mol. The number of thiocarbonyl (C=S) groups is 1. The van der Waals surface area contributed by atoms with Gasteiger partial charge in [-0.05, 0) is 91.4 Å². The molecular formula is C26H24ClN5O2S2. The Kier molecular flexibility index (Phi) is 6.46. The molecule has 0 amide bonds. The SMILES string of the molecule is Cc1cc(-n2cccc2[C@H]2[C@H](c3ccccn3)NC(=S)N2c2ccc(NS(C)(=O)=O)cc2)ccc1Cl. The normalized spacial score (nSPS) is 17.8. The lowest BCUT2D eigenvalue weighted by atomic mass is 10.0. The highest BCUT2D eigenvalue weighted by molar-refractivity contribution is 7.92. The fourth-order valence-electron chi connectivity index (χ4n) is 4.49. The van der Waals surface area contributed by atoms with E-state index in [1.807, 2.05) is 66.6 Å². The maximum absolute atomic E-state index is 11.6. The van der Waals surface area contributed by atoms with Crippen molar-refractivity contribution in [2.75, 3.05) is 15.9 Å². The van der Waals surface area contributed by atoms with Crippen molar-refractivity contribution in [3.8, 4) is 5.69 Å². The molecule has 0 aliphatic carbocycles. The minimum Gasteiger partial charge on any atom is -0.351 e. The van der Waals surface area contributed by atoms with Gasteiger partial charge in [-0.1, -0.05) is 17.7 Å². The van der Waals surface area contributed by atoms with Gasteiger partial charge in [-0.2, -0.15) is 0 Å². The molecule has 0 unspecified atom stereocenters. The fourth-order valence-corrected chi connectivity index (χ4v) is 5.51. The van der Waals surface area contributed by atoms with Crippen molar-refractivity contribution in [1.82, 2.24) is 14.9 Å². The number of halogens is 1. The highest BCUT2D eigenvalue weighted by Crippen LogP contribution is 2.42. The molecule has 10 heteroatoms. The van der Waals surface area contributed by atoms with Gasteiger partial charge >= 0.3 is 0 Å². The van der Waals surface area contributed by atoms with Crippen molar-refractivity contribution in [3.05, 3.63) is 107 Å². The molecule has 2 N–H and O–H groups in total. The number of nitrogens with one attached hydrogen (secondary N) is 2. The van der Waals surface area contributed by atoms with Crippen molar-refractivity contribution in [1.29, 1.82) is 0 Å². The van der Waals surface area contributed by atoms with E-state index >= 15 is 0 Å². The van der Waals surface area contributed by atoms with E-state index in [0.29, 0.717) is 15.8 Å². The second-order valence-electron chi connectivity index (χ2n) is 8.65. The Morgan fingerprint density at radius 2 is 1.78 bits per heavy atom. The lowest BCUT2D eigenvalue weighted by molar-refractivity contribution is 0.549. The molecule has 1 saturated heterocycles. The summed E-state index contributed by atoms with van der Waals surface area (Å²) in [5, 5.41) is 4.73. The summed E-state index contributed by atoms with van der Waals surface area (Å²) >= 11 is 12.1. The quantitative estimate of drug-likeness (QED) is 0.321. The van der Waals surface area contributed by atoms with E-state index in [2.05, 4.69) is 31.7 Å². The third kappa shape index (κ3) is 4.82. The standard InChI is InChI=1S/C26H24ClN5O2S2/c1-17-16-20(12-13-21(17)27)31-15-5-7-23(31)25-24(22-6-3-4-14-28-22)29-26(35)32(25)19-10-8-18(9-11-19)30-36(2,33)34/h3-16,24-25,30H,1-2H3,(H,29,35)/t24-,25-/m0/s1. The molecule has 1 aliphatic rings. The van der Waals surface area contributed by atoms with E-state index in [-0.39, 0.29) is 12.1 Å². The summed E-state index contributed by atoms with van der Waals surface area (Å²) in [7, 11) is -3.38. The Bertz CT molecular complexity index is 1520. The highest BCUT2D eigenvalue weighted by Gasteiger charge is 2.42. The minimum absolute atomic E-state index is 0.213. The van der Waals surface area contributed by atoms with Crippen LogP contribution in [0.4, 0.5) is 11.4 Å². The fraction of sp³-hybridized carbons (Fsp3) is 0.154. The first-order valence-corrected chi connectivity index (χ1v) is 13.9. The summed E-state index contributed by atoms with van der Waals surface area (Å²) < 4.78 is 27.9. The van der Waals surface area contributed by atoms with Crippen LogP contribution in [0.25, 0.3) is 5.69 Å². The number of rotatable bonds is 6. The first-order chi connectivity index (χ1) is 17.2. The summed E-state index contributed by atoms with van der Waals surface area (Å²) in [6.07, 6.45) is 4.92. The number of pyridine rings is 1. The van der Waals surface area contributed by atoms with E-state index in [4.69, 9.17) is 23.8 Å². The van der Waals surface area contributed by atoms with Gasteiger partial charge in [0.2, 0.25) is 10.0 Å². The molecule has 0 saturated carbocycles. The summed E-state index contributed by atoms with van der Waals surface area (Å²) in [5.41, 5.74) is 5.16. The van der Waals surface area contributed by atoms with Crippen LogP contribution in [0.5, 0.6) is 0 Å². The van der Waals surface area contributed by atoms with Crippen molar-refractivity contribution in [3.63, 3.8) is 0 Å². The van der Waals surface area contributed by atoms with Crippen LogP contribution in [0, 0.1) is 6.92 Å². The predicted octanol–water partition coefficient (Wildman–Crippen LogP) is 5.38. The number of aryl methyl sites for hydroxylation is 1. The molecule has 2 atom stereocenters. The number of anilines is 2. The van der Waals surface area contributed by atoms with E-state index in [0.717, 1.165) is 34.6 Å². The number of aromatic nitrogens is 2. The molecule has 2 aromatic carbocycles. The Morgan fingerprint density at radius 1 is 1.03 bits per heavy atom. The Morgan fingerprint density at radius 3 is 2.44 bits per heavy atom. The van der Waals surface area contributed by atoms with Crippen molar-refractivity contribution in [2.45, 2.75) is 19.0 Å². The van der Waals surface area contributed by atoms with Gasteiger partial charge in [0.05, 0.1) is 18.0 Å². The van der Waals surface area contributed by atoms with Gasteiger partial charge in [0.15, 0.2) is 5.11 Å². The van der Waals surface area contributed by atoms with Crippen LogP contribution in [0.3, 0.4) is 0 Å². The molecule has 2 aromatic heterocycles. The minimum atomic E-state index is -3.38. The first kappa shape index (κ1) is 24.3. The van der Waals surface area contributed by atoms with Crippen LogP contribution in [0.15, 0.2) is 85.2 Å².